The fourth-order valence-electron chi connectivity index (χ4n) is 3.07. The molecule has 2 heterocycles. The molecule has 4 rings (SSSR count). The molecule has 1 aliphatic rings. The first-order valence-electron chi connectivity index (χ1n) is 8.51. The SMILES string of the molecule is CCN(Cc1cccc2c1OCCO2)C(=O)c1cc2cc(Cl)ccc2o1. The van der Waals surface area contributed by atoms with E-state index in [9.17, 15) is 4.79 Å². The first-order chi connectivity index (χ1) is 12.7. The zero-order valence-electron chi connectivity index (χ0n) is 14.3. The summed E-state index contributed by atoms with van der Waals surface area (Å²) in [6.07, 6.45) is 0. The van der Waals surface area contributed by atoms with Crippen molar-refractivity contribution in [3.63, 3.8) is 0 Å². The second-order valence-corrected chi connectivity index (χ2v) is 6.49. The smallest absolute Gasteiger partial charge is 0.289 e. The quantitative estimate of drug-likeness (QED) is 0.676. The van der Waals surface area contributed by atoms with Crippen molar-refractivity contribution in [2.45, 2.75) is 13.5 Å². The molecule has 5 nitrogen and oxygen atoms in total. The number of carbonyl (C=O) groups is 1. The Labute approximate surface area is 156 Å². The van der Waals surface area contributed by atoms with Gasteiger partial charge in [0, 0.05) is 29.1 Å². The maximum Gasteiger partial charge on any atom is 0.289 e. The normalized spacial score (nSPS) is 13.0. The number of furan rings is 1. The van der Waals surface area contributed by atoms with Gasteiger partial charge in [0.05, 0.1) is 0 Å². The van der Waals surface area contributed by atoms with Crippen LogP contribution in [0, 0.1) is 0 Å². The van der Waals surface area contributed by atoms with Crippen molar-refractivity contribution in [2.75, 3.05) is 19.8 Å². The van der Waals surface area contributed by atoms with Gasteiger partial charge in [0.25, 0.3) is 5.91 Å². The van der Waals surface area contributed by atoms with E-state index in [1.54, 1.807) is 29.2 Å². The predicted octanol–water partition coefficient (Wildman–Crippen LogP) is 4.52. The maximum atomic E-state index is 12.9. The van der Waals surface area contributed by atoms with Crippen molar-refractivity contribution >= 4 is 28.5 Å². The van der Waals surface area contributed by atoms with Crippen molar-refractivity contribution in [3.8, 4) is 11.5 Å². The Balaban J connectivity index is 1.61. The minimum atomic E-state index is -0.172. The molecule has 26 heavy (non-hydrogen) atoms. The fraction of sp³-hybridized carbons (Fsp3) is 0.250. The number of halogens is 1. The summed E-state index contributed by atoms with van der Waals surface area (Å²) in [4.78, 5) is 14.6. The van der Waals surface area contributed by atoms with Crippen LogP contribution in [-0.4, -0.2) is 30.6 Å². The van der Waals surface area contributed by atoms with Crippen LogP contribution >= 0.6 is 11.6 Å². The molecule has 1 aromatic heterocycles. The summed E-state index contributed by atoms with van der Waals surface area (Å²) in [6, 6.07) is 12.8. The van der Waals surface area contributed by atoms with Crippen molar-refractivity contribution < 1.29 is 18.7 Å². The molecule has 134 valence electrons. The molecule has 6 heteroatoms. The summed E-state index contributed by atoms with van der Waals surface area (Å²) in [6.45, 7) is 3.94. The van der Waals surface area contributed by atoms with Gasteiger partial charge in [-0.2, -0.15) is 0 Å². The molecule has 0 spiro atoms. The lowest BCUT2D eigenvalue weighted by Gasteiger charge is -2.24. The number of hydrogen-bond donors (Lipinski definition) is 0. The molecule has 0 radical (unpaired) electrons. The average Bonchev–Trinajstić information content (AvgIpc) is 3.08. The van der Waals surface area contributed by atoms with Gasteiger partial charge in [-0.05, 0) is 37.3 Å². The molecule has 0 fully saturated rings. The van der Waals surface area contributed by atoms with Crippen LogP contribution in [0.25, 0.3) is 11.0 Å². The second kappa shape index (κ2) is 6.92. The highest BCUT2D eigenvalue weighted by Gasteiger charge is 2.22. The Morgan fingerprint density at radius 3 is 2.85 bits per heavy atom. The summed E-state index contributed by atoms with van der Waals surface area (Å²) in [5.74, 6) is 1.55. The van der Waals surface area contributed by atoms with E-state index < -0.39 is 0 Å². The third-order valence-electron chi connectivity index (χ3n) is 4.37. The highest BCUT2D eigenvalue weighted by Crippen LogP contribution is 2.34. The Morgan fingerprint density at radius 2 is 2.00 bits per heavy atom. The molecule has 3 aromatic rings. The van der Waals surface area contributed by atoms with Crippen LogP contribution in [0.5, 0.6) is 11.5 Å². The molecule has 0 bridgehead atoms. The highest BCUT2D eigenvalue weighted by molar-refractivity contribution is 6.31. The van der Waals surface area contributed by atoms with Gasteiger partial charge in [-0.3, -0.25) is 4.79 Å². The van der Waals surface area contributed by atoms with Gasteiger partial charge >= 0.3 is 0 Å². The summed E-state index contributed by atoms with van der Waals surface area (Å²) < 4.78 is 17.1. The van der Waals surface area contributed by atoms with Gasteiger partial charge in [0.15, 0.2) is 17.3 Å². The molecule has 0 unspecified atom stereocenters. The lowest BCUT2D eigenvalue weighted by molar-refractivity contribution is 0.0719. The highest BCUT2D eigenvalue weighted by atomic mass is 35.5. The van der Waals surface area contributed by atoms with Crippen LogP contribution in [0.4, 0.5) is 0 Å². The number of fused-ring (bicyclic) bond motifs is 2. The lowest BCUT2D eigenvalue weighted by Crippen LogP contribution is -2.30. The van der Waals surface area contributed by atoms with Crippen LogP contribution in [-0.2, 0) is 6.54 Å². The Bertz CT molecular complexity index is 966. The molecule has 1 aliphatic heterocycles. The standard InChI is InChI=1S/C20H18ClNO4/c1-2-22(12-13-4-3-5-17-19(13)25-9-8-24-17)20(23)18-11-14-10-15(21)6-7-16(14)26-18/h3-7,10-11H,2,8-9,12H2,1H3. The summed E-state index contributed by atoms with van der Waals surface area (Å²) in [5, 5.41) is 1.42. The Hall–Kier alpha value is -2.66. The van der Waals surface area contributed by atoms with Gasteiger partial charge < -0.3 is 18.8 Å². The molecule has 0 aliphatic carbocycles. The number of benzene rings is 2. The van der Waals surface area contributed by atoms with Crippen molar-refractivity contribution in [1.29, 1.82) is 0 Å². The zero-order valence-corrected chi connectivity index (χ0v) is 15.1. The largest absolute Gasteiger partial charge is 0.486 e. The van der Waals surface area contributed by atoms with Crippen LogP contribution in [0.3, 0.4) is 0 Å². The number of rotatable bonds is 4. The van der Waals surface area contributed by atoms with E-state index in [4.69, 9.17) is 25.5 Å². The predicted molar refractivity (Wildman–Crippen MR) is 99.1 cm³/mol. The van der Waals surface area contributed by atoms with Crippen LogP contribution in [0.15, 0.2) is 46.9 Å². The number of hydrogen-bond acceptors (Lipinski definition) is 4. The monoisotopic (exact) mass is 371 g/mol. The first-order valence-corrected chi connectivity index (χ1v) is 8.89. The topological polar surface area (TPSA) is 51.9 Å². The number of para-hydroxylation sites is 1. The van der Waals surface area contributed by atoms with Crippen LogP contribution < -0.4 is 9.47 Å². The molecule has 0 N–H and O–H groups in total. The molecule has 0 atom stereocenters. The van der Waals surface area contributed by atoms with Gasteiger partial charge in [-0.25, -0.2) is 0 Å². The number of amides is 1. The summed E-state index contributed by atoms with van der Waals surface area (Å²) in [7, 11) is 0. The van der Waals surface area contributed by atoms with E-state index in [1.807, 2.05) is 25.1 Å². The van der Waals surface area contributed by atoms with Gasteiger partial charge in [-0.1, -0.05) is 23.7 Å². The molecule has 0 saturated heterocycles. The maximum absolute atomic E-state index is 12.9. The van der Waals surface area contributed by atoms with Crippen LogP contribution in [0.2, 0.25) is 5.02 Å². The minimum Gasteiger partial charge on any atom is -0.486 e. The third-order valence-corrected chi connectivity index (χ3v) is 4.60. The van der Waals surface area contributed by atoms with E-state index in [2.05, 4.69) is 0 Å². The van der Waals surface area contributed by atoms with Crippen molar-refractivity contribution in [1.82, 2.24) is 4.90 Å². The fourth-order valence-corrected chi connectivity index (χ4v) is 3.25. The van der Waals surface area contributed by atoms with E-state index in [0.717, 1.165) is 16.7 Å². The van der Waals surface area contributed by atoms with Crippen molar-refractivity contribution in [3.05, 3.63) is 58.8 Å². The molecule has 0 saturated carbocycles. The number of nitrogens with zero attached hydrogens (tertiary/aromatic N) is 1. The molecular weight excluding hydrogens is 354 g/mol. The van der Waals surface area contributed by atoms with Gasteiger partial charge in [-0.15, -0.1) is 0 Å². The average molecular weight is 372 g/mol. The first kappa shape index (κ1) is 16.8. The molecule has 1 amide bonds. The molecule has 2 aromatic carbocycles. The Morgan fingerprint density at radius 1 is 1.15 bits per heavy atom. The summed E-state index contributed by atoms with van der Waals surface area (Å²) in [5.41, 5.74) is 1.55. The minimum absolute atomic E-state index is 0.172. The second-order valence-electron chi connectivity index (χ2n) is 6.05. The van der Waals surface area contributed by atoms with Gasteiger partial charge in [0.1, 0.15) is 18.8 Å². The van der Waals surface area contributed by atoms with E-state index in [-0.39, 0.29) is 5.91 Å². The third kappa shape index (κ3) is 3.10. The van der Waals surface area contributed by atoms with E-state index >= 15 is 0 Å². The lowest BCUT2D eigenvalue weighted by atomic mass is 10.1. The van der Waals surface area contributed by atoms with E-state index in [0.29, 0.717) is 48.4 Å². The van der Waals surface area contributed by atoms with E-state index in [1.165, 1.54) is 0 Å². The van der Waals surface area contributed by atoms with Crippen LogP contribution in [0.1, 0.15) is 23.0 Å². The summed E-state index contributed by atoms with van der Waals surface area (Å²) >= 11 is 6.01. The number of carbonyl (C=O) groups excluding carboxylic acids is 1. The molecular formula is C20H18ClNO4. The van der Waals surface area contributed by atoms with Gasteiger partial charge in [0.2, 0.25) is 0 Å². The zero-order chi connectivity index (χ0) is 18.1. The Kier molecular flexibility index (Phi) is 4.47. The van der Waals surface area contributed by atoms with Crippen molar-refractivity contribution in [2.24, 2.45) is 0 Å². The number of ether oxygens (including phenoxy) is 2.